The van der Waals surface area contributed by atoms with E-state index in [2.05, 4.69) is 229 Å². The number of anilines is 3. The van der Waals surface area contributed by atoms with Crippen LogP contribution in [-0.2, 0) is 10.8 Å². The van der Waals surface area contributed by atoms with Gasteiger partial charge in [0, 0.05) is 22.4 Å². The van der Waals surface area contributed by atoms with Crippen LogP contribution in [0, 0.1) is 0 Å². The van der Waals surface area contributed by atoms with Crippen LogP contribution in [0.4, 0.5) is 17.1 Å². The van der Waals surface area contributed by atoms with Crippen LogP contribution in [0.3, 0.4) is 0 Å². The third kappa shape index (κ3) is 5.01. The molecule has 1 fully saturated rings. The quantitative estimate of drug-likeness (QED) is 0.159. The van der Waals surface area contributed by atoms with E-state index in [1.54, 1.807) is 0 Å². The molecule has 2 spiro atoms. The highest BCUT2D eigenvalue weighted by molar-refractivity contribution is 6.26. The van der Waals surface area contributed by atoms with Crippen molar-refractivity contribution in [2.45, 2.75) is 42.9 Å². The van der Waals surface area contributed by atoms with Crippen LogP contribution in [-0.4, -0.2) is 0 Å². The maximum absolute atomic E-state index is 2.63. The second-order valence-corrected chi connectivity index (χ2v) is 19.7. The molecule has 0 saturated heterocycles. The monoisotopic (exact) mass is 865 g/mol. The summed E-state index contributed by atoms with van der Waals surface area (Å²) in [5, 5.41) is 7.69. The van der Waals surface area contributed by atoms with E-state index in [4.69, 9.17) is 0 Å². The van der Waals surface area contributed by atoms with Crippen molar-refractivity contribution in [3.05, 3.63) is 258 Å². The molecule has 11 aromatic carbocycles. The van der Waals surface area contributed by atoms with Gasteiger partial charge >= 0.3 is 0 Å². The van der Waals surface area contributed by atoms with E-state index >= 15 is 0 Å². The van der Waals surface area contributed by atoms with Crippen molar-refractivity contribution < 1.29 is 0 Å². The summed E-state index contributed by atoms with van der Waals surface area (Å²) >= 11 is 0. The van der Waals surface area contributed by atoms with Crippen molar-refractivity contribution in [3.63, 3.8) is 0 Å². The Labute approximate surface area is 397 Å². The van der Waals surface area contributed by atoms with Gasteiger partial charge in [-0.1, -0.05) is 207 Å². The standard InChI is InChI=1S/C67H47N/c1-3-19-43(20-4-1)56-41-58-54-28-12-16-32-62(54)67(60-30-14-10-26-52(60)53-27-11-15-31-61(53)67)64(58)42-65(56)68(44-33-35-50-48-23-6-5-21-46(48)47-22-7-8-24-49(47)57(50)39-44)45-34-36-55-51-25-9-13-29-59(51)66(63(55)40-45)37-17-2-18-38-66/h1,3-16,19-36,39-42H,2,17-18,37-38H2. The average molecular weight is 866 g/mol. The number of rotatable bonds is 4. The van der Waals surface area contributed by atoms with E-state index in [1.165, 1.54) is 154 Å². The normalized spacial score (nSPS) is 15.3. The largest absolute Gasteiger partial charge is 0.310 e. The molecule has 4 aliphatic carbocycles. The molecule has 15 rings (SSSR count). The predicted molar refractivity (Wildman–Crippen MR) is 285 cm³/mol. The molecular formula is C67H47N. The molecule has 320 valence electrons. The Morgan fingerprint density at radius 1 is 0.279 bits per heavy atom. The molecule has 0 radical (unpaired) electrons. The maximum Gasteiger partial charge on any atom is 0.0726 e. The Morgan fingerprint density at radius 3 is 1.35 bits per heavy atom. The molecule has 1 nitrogen and oxygen atoms in total. The van der Waals surface area contributed by atoms with Crippen molar-refractivity contribution in [2.75, 3.05) is 4.90 Å². The van der Waals surface area contributed by atoms with Crippen molar-refractivity contribution in [2.24, 2.45) is 0 Å². The first-order valence-electron chi connectivity index (χ1n) is 24.6. The molecule has 0 aromatic heterocycles. The van der Waals surface area contributed by atoms with E-state index in [9.17, 15) is 0 Å². The molecule has 68 heavy (non-hydrogen) atoms. The minimum atomic E-state index is -0.487. The second kappa shape index (κ2) is 14.3. The van der Waals surface area contributed by atoms with Gasteiger partial charge in [0.2, 0.25) is 0 Å². The molecule has 0 atom stereocenters. The van der Waals surface area contributed by atoms with Gasteiger partial charge < -0.3 is 4.90 Å². The average Bonchev–Trinajstić information content (AvgIpc) is 3.98. The van der Waals surface area contributed by atoms with Crippen molar-refractivity contribution in [1.29, 1.82) is 0 Å². The summed E-state index contributed by atoms with van der Waals surface area (Å²) in [4.78, 5) is 2.63. The van der Waals surface area contributed by atoms with Gasteiger partial charge in [0.15, 0.2) is 0 Å². The van der Waals surface area contributed by atoms with E-state index in [-0.39, 0.29) is 5.41 Å². The lowest BCUT2D eigenvalue weighted by molar-refractivity contribution is 0.353. The van der Waals surface area contributed by atoms with Gasteiger partial charge in [0.1, 0.15) is 0 Å². The Hall–Kier alpha value is -8.00. The zero-order valence-corrected chi connectivity index (χ0v) is 37.8. The van der Waals surface area contributed by atoms with Crippen LogP contribution in [0.5, 0.6) is 0 Å². The molecule has 0 aliphatic heterocycles. The molecule has 4 aliphatic rings. The number of nitrogens with zero attached hydrogens (tertiary/aromatic N) is 1. The number of hydrogen-bond donors (Lipinski definition) is 0. The highest BCUT2D eigenvalue weighted by Gasteiger charge is 2.52. The van der Waals surface area contributed by atoms with Gasteiger partial charge in [0.05, 0.1) is 11.1 Å². The van der Waals surface area contributed by atoms with Crippen LogP contribution < -0.4 is 4.90 Å². The summed E-state index contributed by atoms with van der Waals surface area (Å²) in [6.07, 6.45) is 6.17. The molecule has 0 amide bonds. The molecule has 0 N–H and O–H groups in total. The maximum atomic E-state index is 2.63. The fraction of sp³-hybridized carbons (Fsp3) is 0.104. The van der Waals surface area contributed by atoms with Gasteiger partial charge in [0.25, 0.3) is 0 Å². The highest BCUT2D eigenvalue weighted by atomic mass is 15.1. The zero-order chi connectivity index (χ0) is 44.6. The van der Waals surface area contributed by atoms with Crippen LogP contribution in [0.1, 0.15) is 65.5 Å². The smallest absolute Gasteiger partial charge is 0.0726 e. The van der Waals surface area contributed by atoms with E-state index < -0.39 is 5.41 Å². The lowest BCUT2D eigenvalue weighted by Crippen LogP contribution is -2.28. The second-order valence-electron chi connectivity index (χ2n) is 19.7. The molecule has 11 aromatic rings. The Morgan fingerprint density at radius 2 is 0.735 bits per heavy atom. The molecule has 0 heterocycles. The SMILES string of the molecule is c1ccc(-c2cc3c(cc2N(c2ccc4c(c2)C2(CCCCC2)c2ccccc2-4)c2ccc4c5ccccc5c5ccccc5c4c2)C2(c4ccccc4-c4ccccc42)c2ccccc2-3)cc1. The Bertz CT molecular complexity index is 3820. The van der Waals surface area contributed by atoms with E-state index in [1.807, 2.05) is 0 Å². The van der Waals surface area contributed by atoms with Gasteiger partial charge in [-0.05, 0) is 154 Å². The number of fused-ring (bicyclic) bond motifs is 21. The molecule has 1 heteroatoms. The zero-order valence-electron chi connectivity index (χ0n) is 37.8. The van der Waals surface area contributed by atoms with E-state index in [0.29, 0.717) is 0 Å². The topological polar surface area (TPSA) is 3.24 Å². The fourth-order valence-electron chi connectivity index (χ4n) is 13.9. The van der Waals surface area contributed by atoms with Crippen molar-refractivity contribution >= 4 is 49.4 Å². The van der Waals surface area contributed by atoms with E-state index in [0.717, 1.165) is 5.69 Å². The number of benzene rings is 11. The van der Waals surface area contributed by atoms with Gasteiger partial charge in [-0.3, -0.25) is 0 Å². The number of hydrogen-bond acceptors (Lipinski definition) is 1. The first kappa shape index (κ1) is 38.1. The van der Waals surface area contributed by atoms with Crippen LogP contribution in [0.15, 0.2) is 224 Å². The third-order valence-electron chi connectivity index (χ3n) is 16.6. The minimum Gasteiger partial charge on any atom is -0.310 e. The summed E-state index contributed by atoms with van der Waals surface area (Å²) in [6.45, 7) is 0. The van der Waals surface area contributed by atoms with Crippen LogP contribution in [0.25, 0.3) is 76.8 Å². The first-order valence-corrected chi connectivity index (χ1v) is 24.6. The third-order valence-corrected chi connectivity index (χ3v) is 16.6. The summed E-state index contributed by atoms with van der Waals surface area (Å²) < 4.78 is 0. The lowest BCUT2D eigenvalue weighted by Gasteiger charge is -2.37. The van der Waals surface area contributed by atoms with Gasteiger partial charge in [-0.2, -0.15) is 0 Å². The molecule has 0 unspecified atom stereocenters. The van der Waals surface area contributed by atoms with Gasteiger partial charge in [-0.25, -0.2) is 0 Å². The Balaban J connectivity index is 1.07. The fourth-order valence-corrected chi connectivity index (χ4v) is 13.9. The summed E-state index contributed by atoms with van der Waals surface area (Å²) in [5.74, 6) is 0. The summed E-state index contributed by atoms with van der Waals surface area (Å²) in [6, 6.07) is 85.9. The van der Waals surface area contributed by atoms with Crippen molar-refractivity contribution in [1.82, 2.24) is 0 Å². The highest BCUT2D eigenvalue weighted by Crippen LogP contribution is 2.65. The molecule has 0 bridgehead atoms. The van der Waals surface area contributed by atoms with Gasteiger partial charge in [-0.15, -0.1) is 0 Å². The van der Waals surface area contributed by atoms with Crippen LogP contribution >= 0.6 is 0 Å². The Kier molecular flexibility index (Phi) is 8.00. The minimum absolute atomic E-state index is 0.00746. The van der Waals surface area contributed by atoms with Crippen LogP contribution in [0.2, 0.25) is 0 Å². The lowest BCUT2D eigenvalue weighted by atomic mass is 9.68. The first-order chi connectivity index (χ1) is 33.7. The summed E-state index contributed by atoms with van der Waals surface area (Å²) in [7, 11) is 0. The predicted octanol–water partition coefficient (Wildman–Crippen LogP) is 17.9. The summed E-state index contributed by atoms with van der Waals surface area (Å²) in [5.41, 5.74) is 21.9. The molecule has 1 saturated carbocycles. The van der Waals surface area contributed by atoms with Crippen molar-refractivity contribution in [3.8, 4) is 44.5 Å². The molecular weight excluding hydrogens is 819 g/mol.